The summed E-state index contributed by atoms with van der Waals surface area (Å²) in [5.74, 6) is -1.14. The highest BCUT2D eigenvalue weighted by Gasteiger charge is 2.29. The number of benzene rings is 2. The van der Waals surface area contributed by atoms with Crippen molar-refractivity contribution in [1.29, 1.82) is 0 Å². The minimum Gasteiger partial charge on any atom is -0.490 e. The third-order valence-electron chi connectivity index (χ3n) is 6.13. The molecule has 0 heterocycles. The molecule has 3 rings (SSSR count). The Morgan fingerprint density at radius 3 is 2.57 bits per heavy atom. The lowest BCUT2D eigenvalue weighted by atomic mass is 9.95. The minimum absolute atomic E-state index is 0.0108. The zero-order valence-corrected chi connectivity index (χ0v) is 19.9. The van der Waals surface area contributed by atoms with Crippen LogP contribution in [0.5, 0.6) is 11.5 Å². The lowest BCUT2D eigenvalue weighted by Crippen LogP contribution is -2.51. The van der Waals surface area contributed by atoms with Gasteiger partial charge in [0.1, 0.15) is 17.6 Å². The Bertz CT molecular complexity index is 1060. The summed E-state index contributed by atoms with van der Waals surface area (Å²) >= 11 is 0. The molecule has 35 heavy (non-hydrogen) atoms. The number of carbonyl (C=O) groups excluding carboxylic acids is 2. The predicted octanol–water partition coefficient (Wildman–Crippen LogP) is 3.99. The molecule has 2 aromatic rings. The van der Waals surface area contributed by atoms with E-state index in [1.165, 1.54) is 36.3 Å². The summed E-state index contributed by atoms with van der Waals surface area (Å²) in [7, 11) is 1.29. The average molecular weight is 488 g/mol. The predicted molar refractivity (Wildman–Crippen MR) is 127 cm³/mol. The Kier molecular flexibility index (Phi) is 8.99. The van der Waals surface area contributed by atoms with Crippen LogP contribution in [0.3, 0.4) is 0 Å². The largest absolute Gasteiger partial charge is 0.490 e. The zero-order chi connectivity index (χ0) is 25.4. The summed E-state index contributed by atoms with van der Waals surface area (Å²) < 4.78 is 24.9. The molecule has 0 unspecified atom stereocenters. The summed E-state index contributed by atoms with van der Waals surface area (Å²) in [4.78, 5) is 37.9. The van der Waals surface area contributed by atoms with Crippen LogP contribution < -0.4 is 14.8 Å². The van der Waals surface area contributed by atoms with E-state index in [-0.39, 0.29) is 41.2 Å². The lowest BCUT2D eigenvalue weighted by molar-refractivity contribution is -0.385. The highest BCUT2D eigenvalue weighted by Crippen LogP contribution is 2.30. The van der Waals surface area contributed by atoms with Gasteiger partial charge in [0.05, 0.1) is 12.0 Å². The molecule has 10 heteroatoms. The lowest BCUT2D eigenvalue weighted by Gasteiger charge is -2.31. The summed E-state index contributed by atoms with van der Waals surface area (Å²) in [6.45, 7) is 1.04. The molecule has 9 nitrogen and oxygen atoms in total. The van der Waals surface area contributed by atoms with E-state index in [2.05, 4.69) is 5.32 Å². The molecule has 1 N–H and O–H groups in total. The third-order valence-corrected chi connectivity index (χ3v) is 6.13. The smallest absolute Gasteiger partial charge is 0.311 e. The molecule has 1 aliphatic carbocycles. The van der Waals surface area contributed by atoms with Crippen molar-refractivity contribution in [3.05, 3.63) is 64.0 Å². The highest BCUT2D eigenvalue weighted by molar-refractivity contribution is 5.88. The molecule has 1 aliphatic rings. The fourth-order valence-corrected chi connectivity index (χ4v) is 4.09. The number of nitro groups is 1. The molecule has 2 aromatic carbocycles. The number of methoxy groups -OCH3 is 1. The van der Waals surface area contributed by atoms with Crippen LogP contribution in [0.1, 0.15) is 44.6 Å². The van der Waals surface area contributed by atoms with Crippen LogP contribution in [-0.4, -0.2) is 47.4 Å². The standard InChI is InChI=1S/C25H30FN3O6/c1-17(25(31)27-19-9-4-3-5-10-19)28(15-18-8-6-7-11-21(18)26)24(30)16-35-20-12-13-22(29(32)33)23(14-20)34-2/h6-8,11-14,17,19H,3-5,9-10,15-16H2,1-2H3,(H,27,31)/t17-/m1/s1. The van der Waals surface area contributed by atoms with Gasteiger partial charge in [-0.25, -0.2) is 4.39 Å². The number of nitrogens with one attached hydrogen (secondary N) is 1. The molecular formula is C25H30FN3O6. The number of rotatable bonds is 10. The van der Waals surface area contributed by atoms with E-state index in [1.54, 1.807) is 25.1 Å². The number of hydrogen-bond acceptors (Lipinski definition) is 6. The van der Waals surface area contributed by atoms with E-state index in [9.17, 15) is 24.1 Å². The topological polar surface area (TPSA) is 111 Å². The summed E-state index contributed by atoms with van der Waals surface area (Å²) in [5, 5.41) is 14.1. The van der Waals surface area contributed by atoms with E-state index < -0.39 is 29.3 Å². The van der Waals surface area contributed by atoms with Gasteiger partial charge >= 0.3 is 5.69 Å². The van der Waals surface area contributed by atoms with Crippen molar-refractivity contribution >= 4 is 17.5 Å². The molecule has 0 bridgehead atoms. The molecule has 188 valence electrons. The second-order valence-corrected chi connectivity index (χ2v) is 8.51. The molecule has 0 saturated heterocycles. The number of halogens is 1. The summed E-state index contributed by atoms with van der Waals surface area (Å²) in [5.41, 5.74) is 0.0375. The van der Waals surface area contributed by atoms with Crippen molar-refractivity contribution in [2.75, 3.05) is 13.7 Å². The van der Waals surface area contributed by atoms with Crippen molar-refractivity contribution in [3.8, 4) is 11.5 Å². The third kappa shape index (κ3) is 6.91. The minimum atomic E-state index is -0.862. The van der Waals surface area contributed by atoms with E-state index in [1.807, 2.05) is 0 Å². The Hall–Kier alpha value is -3.69. The SMILES string of the molecule is COc1cc(OCC(=O)N(Cc2ccccc2F)[C@H](C)C(=O)NC2CCCCC2)ccc1[N+](=O)[O-]. The van der Waals surface area contributed by atoms with Crippen LogP contribution in [0, 0.1) is 15.9 Å². The van der Waals surface area contributed by atoms with Crippen molar-refractivity contribution in [1.82, 2.24) is 10.2 Å². The van der Waals surface area contributed by atoms with Crippen LogP contribution in [0.2, 0.25) is 0 Å². The van der Waals surface area contributed by atoms with Gasteiger partial charge in [0, 0.05) is 30.3 Å². The number of carbonyl (C=O) groups is 2. The van der Waals surface area contributed by atoms with Gasteiger partial charge in [0.2, 0.25) is 11.7 Å². The first-order valence-electron chi connectivity index (χ1n) is 11.6. The number of hydrogen-bond donors (Lipinski definition) is 1. The molecule has 1 fully saturated rings. The first kappa shape index (κ1) is 25.9. The van der Waals surface area contributed by atoms with Gasteiger partial charge in [-0.1, -0.05) is 37.5 Å². The number of ether oxygens (including phenoxy) is 2. The van der Waals surface area contributed by atoms with Gasteiger partial charge in [-0.15, -0.1) is 0 Å². The van der Waals surface area contributed by atoms with Gasteiger partial charge in [-0.2, -0.15) is 0 Å². The Morgan fingerprint density at radius 1 is 1.20 bits per heavy atom. The molecule has 0 radical (unpaired) electrons. The monoisotopic (exact) mass is 487 g/mol. The van der Waals surface area contributed by atoms with Gasteiger partial charge in [0.15, 0.2) is 6.61 Å². The number of nitro benzene ring substituents is 1. The van der Waals surface area contributed by atoms with Crippen molar-refractivity contribution < 1.29 is 28.4 Å². The average Bonchev–Trinajstić information content (AvgIpc) is 2.86. The molecule has 0 spiro atoms. The summed E-state index contributed by atoms with van der Waals surface area (Å²) in [6, 6.07) is 9.15. The van der Waals surface area contributed by atoms with E-state index in [0.29, 0.717) is 0 Å². The zero-order valence-electron chi connectivity index (χ0n) is 19.9. The van der Waals surface area contributed by atoms with Gasteiger partial charge in [0.25, 0.3) is 5.91 Å². The molecular weight excluding hydrogens is 457 g/mol. The van der Waals surface area contributed by atoms with Crippen LogP contribution >= 0.6 is 0 Å². The number of nitrogens with zero attached hydrogens (tertiary/aromatic N) is 2. The Labute approximate surface area is 203 Å². The van der Waals surface area contributed by atoms with Crippen molar-refractivity contribution in [2.45, 2.75) is 57.7 Å². The fraction of sp³-hybridized carbons (Fsp3) is 0.440. The molecule has 1 atom stereocenters. The fourth-order valence-electron chi connectivity index (χ4n) is 4.09. The van der Waals surface area contributed by atoms with E-state index in [0.717, 1.165) is 32.1 Å². The second-order valence-electron chi connectivity index (χ2n) is 8.51. The van der Waals surface area contributed by atoms with E-state index in [4.69, 9.17) is 9.47 Å². The van der Waals surface area contributed by atoms with Crippen LogP contribution in [0.15, 0.2) is 42.5 Å². The Morgan fingerprint density at radius 2 is 1.91 bits per heavy atom. The van der Waals surface area contributed by atoms with Gasteiger partial charge < -0.3 is 19.7 Å². The van der Waals surface area contributed by atoms with E-state index >= 15 is 0 Å². The maximum absolute atomic E-state index is 14.3. The quantitative estimate of drug-likeness (QED) is 0.401. The molecule has 1 saturated carbocycles. The van der Waals surface area contributed by atoms with Crippen LogP contribution in [-0.2, 0) is 16.1 Å². The highest BCUT2D eigenvalue weighted by atomic mass is 19.1. The summed E-state index contributed by atoms with van der Waals surface area (Å²) in [6.07, 6.45) is 5.02. The van der Waals surface area contributed by atoms with Gasteiger partial charge in [-0.05, 0) is 31.9 Å². The first-order valence-corrected chi connectivity index (χ1v) is 11.6. The van der Waals surface area contributed by atoms with Crippen LogP contribution in [0.4, 0.5) is 10.1 Å². The van der Waals surface area contributed by atoms with Gasteiger partial charge in [-0.3, -0.25) is 19.7 Å². The molecule has 2 amide bonds. The maximum atomic E-state index is 14.3. The first-order chi connectivity index (χ1) is 16.8. The van der Waals surface area contributed by atoms with Crippen LogP contribution in [0.25, 0.3) is 0 Å². The number of amides is 2. The second kappa shape index (κ2) is 12.1. The normalized spacial score (nSPS) is 14.6. The maximum Gasteiger partial charge on any atom is 0.311 e. The van der Waals surface area contributed by atoms with Crippen molar-refractivity contribution in [2.24, 2.45) is 0 Å². The molecule has 0 aromatic heterocycles. The van der Waals surface area contributed by atoms with Crippen molar-refractivity contribution in [3.63, 3.8) is 0 Å². The molecule has 0 aliphatic heterocycles. The Balaban J connectivity index is 1.74.